The maximum absolute atomic E-state index is 11.5. The Kier molecular flexibility index (Phi) is 4.51. The maximum Gasteiger partial charge on any atom is 0.336 e. The van der Waals surface area contributed by atoms with Crippen molar-refractivity contribution < 1.29 is 19.4 Å². The minimum Gasteiger partial charge on any atom is -0.478 e. The molecule has 2 rings (SSSR count). The summed E-state index contributed by atoms with van der Waals surface area (Å²) in [5, 5.41) is 9.38. The molecule has 4 nitrogen and oxygen atoms in total. The summed E-state index contributed by atoms with van der Waals surface area (Å²) in [5.41, 5.74) is 1.26. The van der Waals surface area contributed by atoms with Crippen LogP contribution in [-0.2, 0) is 9.59 Å². The van der Waals surface area contributed by atoms with E-state index in [1.54, 1.807) is 48.5 Å². The van der Waals surface area contributed by atoms with Gasteiger partial charge in [-0.2, -0.15) is 0 Å². The predicted octanol–water partition coefficient (Wildman–Crippen LogP) is 3.24. The van der Waals surface area contributed by atoms with Gasteiger partial charge in [0.1, 0.15) is 5.75 Å². The fourth-order valence-electron chi connectivity index (χ4n) is 1.89. The van der Waals surface area contributed by atoms with E-state index in [0.717, 1.165) is 0 Å². The van der Waals surface area contributed by atoms with Crippen molar-refractivity contribution in [3.8, 4) is 5.75 Å². The first-order valence-electron chi connectivity index (χ1n) is 6.36. The molecule has 4 heteroatoms. The van der Waals surface area contributed by atoms with Crippen LogP contribution in [0, 0.1) is 0 Å². The van der Waals surface area contributed by atoms with Gasteiger partial charge in [-0.25, -0.2) is 4.79 Å². The molecule has 2 aromatic carbocycles. The largest absolute Gasteiger partial charge is 0.478 e. The van der Waals surface area contributed by atoms with Gasteiger partial charge in [0.15, 0.2) is 0 Å². The Morgan fingerprint density at radius 3 is 2.24 bits per heavy atom. The highest BCUT2D eigenvalue weighted by atomic mass is 16.5. The van der Waals surface area contributed by atoms with Crippen molar-refractivity contribution in [2.75, 3.05) is 0 Å². The third-order valence-electron chi connectivity index (χ3n) is 2.79. The lowest BCUT2D eigenvalue weighted by Gasteiger charge is -2.07. The van der Waals surface area contributed by atoms with E-state index in [2.05, 4.69) is 0 Å². The minimum atomic E-state index is -1.04. The van der Waals surface area contributed by atoms with Gasteiger partial charge in [0.05, 0.1) is 5.57 Å². The number of carbonyl (C=O) groups is 2. The first-order valence-corrected chi connectivity index (χ1v) is 6.36. The van der Waals surface area contributed by atoms with E-state index in [1.165, 1.54) is 13.0 Å². The second-order valence-corrected chi connectivity index (χ2v) is 4.36. The molecular formula is C17H14O4. The molecule has 0 heterocycles. The van der Waals surface area contributed by atoms with Crippen LogP contribution in [-0.4, -0.2) is 17.0 Å². The summed E-state index contributed by atoms with van der Waals surface area (Å²) in [5.74, 6) is -1.16. The molecule has 21 heavy (non-hydrogen) atoms. The minimum absolute atomic E-state index is 0.134. The topological polar surface area (TPSA) is 63.6 Å². The zero-order valence-electron chi connectivity index (χ0n) is 11.4. The molecule has 0 radical (unpaired) electrons. The van der Waals surface area contributed by atoms with E-state index in [1.807, 2.05) is 6.07 Å². The van der Waals surface area contributed by atoms with Gasteiger partial charge < -0.3 is 9.84 Å². The summed E-state index contributed by atoms with van der Waals surface area (Å²) in [7, 11) is 0. The molecule has 0 aliphatic carbocycles. The van der Waals surface area contributed by atoms with Crippen LogP contribution in [0.25, 0.3) is 11.6 Å². The zero-order valence-corrected chi connectivity index (χ0v) is 11.4. The summed E-state index contributed by atoms with van der Waals surface area (Å²) in [6.45, 7) is 1.30. The molecule has 0 saturated carbocycles. The van der Waals surface area contributed by atoms with Crippen LogP contribution in [0.5, 0.6) is 5.75 Å². The number of aliphatic carboxylic acids is 1. The summed E-state index contributed by atoms with van der Waals surface area (Å²) in [4.78, 5) is 22.6. The molecule has 0 unspecified atom stereocenters. The normalized spacial score (nSPS) is 11.0. The average molecular weight is 282 g/mol. The molecular weight excluding hydrogens is 268 g/mol. The van der Waals surface area contributed by atoms with Crippen molar-refractivity contribution >= 4 is 23.6 Å². The number of rotatable bonds is 4. The zero-order chi connectivity index (χ0) is 15.2. The Morgan fingerprint density at radius 1 is 1.00 bits per heavy atom. The van der Waals surface area contributed by atoms with Crippen LogP contribution in [0.2, 0.25) is 0 Å². The Morgan fingerprint density at radius 2 is 1.62 bits per heavy atom. The second kappa shape index (κ2) is 6.52. The maximum atomic E-state index is 11.5. The van der Waals surface area contributed by atoms with E-state index in [-0.39, 0.29) is 5.57 Å². The number of benzene rings is 2. The number of ether oxygens (including phenoxy) is 1. The van der Waals surface area contributed by atoms with Crippen LogP contribution >= 0.6 is 0 Å². The molecule has 0 aliphatic rings. The van der Waals surface area contributed by atoms with Crippen molar-refractivity contribution in [2.45, 2.75) is 6.92 Å². The van der Waals surface area contributed by atoms with Gasteiger partial charge in [0.2, 0.25) is 0 Å². The molecule has 106 valence electrons. The van der Waals surface area contributed by atoms with E-state index < -0.39 is 11.9 Å². The quantitative estimate of drug-likeness (QED) is 0.405. The Labute approximate surface area is 122 Å². The highest BCUT2D eigenvalue weighted by Gasteiger charge is 2.12. The number of hydrogen-bond acceptors (Lipinski definition) is 3. The summed E-state index contributed by atoms with van der Waals surface area (Å²) in [6.07, 6.45) is 1.50. The van der Waals surface area contributed by atoms with Gasteiger partial charge in [-0.3, -0.25) is 4.79 Å². The van der Waals surface area contributed by atoms with Crippen molar-refractivity contribution in [3.05, 3.63) is 65.7 Å². The Balaban J connectivity index is 2.49. The molecule has 0 atom stereocenters. The molecule has 0 spiro atoms. The number of esters is 1. The third kappa shape index (κ3) is 3.79. The monoisotopic (exact) mass is 282 g/mol. The van der Waals surface area contributed by atoms with Gasteiger partial charge in [0, 0.05) is 12.5 Å². The second-order valence-electron chi connectivity index (χ2n) is 4.36. The van der Waals surface area contributed by atoms with Crippen LogP contribution in [0.1, 0.15) is 18.1 Å². The number of carboxylic acids is 1. The first-order chi connectivity index (χ1) is 10.1. The van der Waals surface area contributed by atoms with Crippen LogP contribution in [0.3, 0.4) is 0 Å². The molecule has 0 fully saturated rings. The predicted molar refractivity (Wildman–Crippen MR) is 79.7 cm³/mol. The molecule has 0 aromatic heterocycles. The van der Waals surface area contributed by atoms with Gasteiger partial charge in [-0.15, -0.1) is 0 Å². The highest BCUT2D eigenvalue weighted by molar-refractivity contribution is 6.20. The van der Waals surface area contributed by atoms with Crippen LogP contribution in [0.4, 0.5) is 0 Å². The Bertz CT molecular complexity index is 687. The van der Waals surface area contributed by atoms with Gasteiger partial charge in [-0.05, 0) is 17.7 Å². The summed E-state index contributed by atoms with van der Waals surface area (Å²) < 4.78 is 5.09. The molecule has 2 aromatic rings. The first kappa shape index (κ1) is 14.5. The molecule has 1 N–H and O–H groups in total. The molecule has 0 amide bonds. The number of hydrogen-bond donors (Lipinski definition) is 1. The summed E-state index contributed by atoms with van der Waals surface area (Å²) >= 11 is 0. The van der Waals surface area contributed by atoms with Gasteiger partial charge >= 0.3 is 11.9 Å². The molecule has 0 saturated heterocycles. The molecule has 0 bridgehead atoms. The van der Waals surface area contributed by atoms with Gasteiger partial charge in [0.25, 0.3) is 0 Å². The lowest BCUT2D eigenvalue weighted by molar-refractivity contribution is -0.132. The fourth-order valence-corrected chi connectivity index (χ4v) is 1.89. The van der Waals surface area contributed by atoms with Crippen molar-refractivity contribution in [1.82, 2.24) is 0 Å². The standard InChI is InChI=1S/C17H14O4/c1-12(18)21-16-10-6-5-9-14(16)11-15(17(19)20)13-7-3-2-4-8-13/h2-11H,1H3,(H,19,20)/b15-11-. The highest BCUT2D eigenvalue weighted by Crippen LogP contribution is 2.25. The van der Waals surface area contributed by atoms with Crippen molar-refractivity contribution in [1.29, 1.82) is 0 Å². The lowest BCUT2D eigenvalue weighted by atomic mass is 10.0. The average Bonchev–Trinajstić information content (AvgIpc) is 2.46. The van der Waals surface area contributed by atoms with Crippen molar-refractivity contribution in [2.24, 2.45) is 0 Å². The number of para-hydroxylation sites is 1. The fraction of sp³-hybridized carbons (Fsp3) is 0.0588. The molecule has 0 aliphatic heterocycles. The third-order valence-corrected chi connectivity index (χ3v) is 2.79. The number of carbonyl (C=O) groups excluding carboxylic acids is 1. The smallest absolute Gasteiger partial charge is 0.336 e. The number of carboxylic acid groups (broad SMARTS) is 1. The lowest BCUT2D eigenvalue weighted by Crippen LogP contribution is -2.03. The van der Waals surface area contributed by atoms with E-state index in [0.29, 0.717) is 16.9 Å². The Hall–Kier alpha value is -2.88. The summed E-state index contributed by atoms with van der Waals surface area (Å²) in [6, 6.07) is 15.6. The van der Waals surface area contributed by atoms with Crippen LogP contribution in [0.15, 0.2) is 54.6 Å². The SMILES string of the molecule is CC(=O)Oc1ccccc1/C=C(\C(=O)O)c1ccccc1. The van der Waals surface area contributed by atoms with E-state index in [9.17, 15) is 14.7 Å². The van der Waals surface area contributed by atoms with Crippen LogP contribution < -0.4 is 4.74 Å². The van der Waals surface area contributed by atoms with E-state index in [4.69, 9.17) is 4.74 Å². The van der Waals surface area contributed by atoms with Crippen molar-refractivity contribution in [3.63, 3.8) is 0 Å². The van der Waals surface area contributed by atoms with Gasteiger partial charge in [-0.1, -0.05) is 48.5 Å². The van der Waals surface area contributed by atoms with E-state index >= 15 is 0 Å².